The van der Waals surface area contributed by atoms with Crippen molar-refractivity contribution < 1.29 is 23.7 Å². The fraction of sp³-hybridized carbons (Fsp3) is 0.217. The van der Waals surface area contributed by atoms with Crippen LogP contribution in [-0.2, 0) is 0 Å². The van der Waals surface area contributed by atoms with Crippen LogP contribution < -0.4 is 29.4 Å². The molecule has 1 aromatic heterocycles. The Labute approximate surface area is 183 Å². The summed E-state index contributed by atoms with van der Waals surface area (Å²) in [7, 11) is 1.58. The summed E-state index contributed by atoms with van der Waals surface area (Å²) in [6, 6.07) is 13.3. The molecule has 32 heavy (non-hydrogen) atoms. The highest BCUT2D eigenvalue weighted by molar-refractivity contribution is 5.73. The molecule has 3 aromatic rings. The van der Waals surface area contributed by atoms with E-state index < -0.39 is 5.92 Å². The topological polar surface area (TPSA) is 125 Å². The van der Waals surface area contributed by atoms with Gasteiger partial charge in [-0.25, -0.2) is 0 Å². The molecular weight excluding hydrogens is 412 g/mol. The Kier molecular flexibility index (Phi) is 4.75. The van der Waals surface area contributed by atoms with Crippen LogP contribution in [0.25, 0.3) is 11.3 Å². The molecule has 5 rings (SSSR count). The SMILES string of the molecule is CCOc1ccc(-c2[nH]nc3c2[C@@H](c2ccc4c(c2)OCO4)C(C#N)=C(N)O3)cc1OC. The highest BCUT2D eigenvalue weighted by Crippen LogP contribution is 2.48. The number of hydrogen-bond donors (Lipinski definition) is 2. The third-order valence-electron chi connectivity index (χ3n) is 5.42. The first-order chi connectivity index (χ1) is 15.6. The van der Waals surface area contributed by atoms with E-state index in [0.29, 0.717) is 46.7 Å². The molecule has 9 nitrogen and oxygen atoms in total. The van der Waals surface area contributed by atoms with Gasteiger partial charge in [-0.05, 0) is 42.8 Å². The molecule has 2 aliphatic heterocycles. The monoisotopic (exact) mass is 432 g/mol. The number of methoxy groups -OCH3 is 1. The predicted molar refractivity (Wildman–Crippen MR) is 114 cm³/mol. The van der Waals surface area contributed by atoms with Crippen LogP contribution in [0.2, 0.25) is 0 Å². The zero-order valence-corrected chi connectivity index (χ0v) is 17.5. The van der Waals surface area contributed by atoms with Gasteiger partial charge in [0, 0.05) is 5.56 Å². The Hall–Kier alpha value is -4.32. The lowest BCUT2D eigenvalue weighted by molar-refractivity contribution is 0.174. The van der Waals surface area contributed by atoms with Crippen LogP contribution in [-0.4, -0.2) is 30.7 Å². The van der Waals surface area contributed by atoms with Crippen LogP contribution in [0, 0.1) is 11.3 Å². The maximum absolute atomic E-state index is 9.90. The number of hydrogen-bond acceptors (Lipinski definition) is 8. The number of aromatic amines is 1. The largest absolute Gasteiger partial charge is 0.493 e. The van der Waals surface area contributed by atoms with E-state index in [-0.39, 0.29) is 18.2 Å². The number of nitriles is 1. The molecule has 2 aromatic carbocycles. The minimum absolute atomic E-state index is 0.0185. The summed E-state index contributed by atoms with van der Waals surface area (Å²) >= 11 is 0. The first kappa shape index (κ1) is 19.6. The Balaban J connectivity index is 1.67. The van der Waals surface area contributed by atoms with E-state index in [9.17, 15) is 5.26 Å². The van der Waals surface area contributed by atoms with Gasteiger partial charge in [-0.15, -0.1) is 5.10 Å². The molecular formula is C23H20N4O5. The standard InChI is InChI=1S/C23H20N4O5/c1-3-29-15-7-5-13(9-17(15)28-2)21-20-19(12-4-6-16-18(8-12)31-11-30-16)14(10-24)22(25)32-23(20)27-26-21/h4-9,19H,3,11,25H2,1-2H3,(H,26,27)/t19-/m0/s1. The van der Waals surface area contributed by atoms with Crippen molar-refractivity contribution in [2.75, 3.05) is 20.5 Å². The van der Waals surface area contributed by atoms with Crippen molar-refractivity contribution in [2.24, 2.45) is 5.73 Å². The molecule has 0 radical (unpaired) electrons. The highest BCUT2D eigenvalue weighted by atomic mass is 16.7. The number of H-pyrrole nitrogens is 1. The summed E-state index contributed by atoms with van der Waals surface area (Å²) in [5, 5.41) is 17.2. The molecule has 3 N–H and O–H groups in total. The second-order valence-corrected chi connectivity index (χ2v) is 7.15. The van der Waals surface area contributed by atoms with Crippen molar-refractivity contribution in [3.63, 3.8) is 0 Å². The van der Waals surface area contributed by atoms with Crippen molar-refractivity contribution in [1.29, 1.82) is 5.26 Å². The number of fused-ring (bicyclic) bond motifs is 2. The highest BCUT2D eigenvalue weighted by Gasteiger charge is 2.36. The van der Waals surface area contributed by atoms with E-state index in [0.717, 1.165) is 11.1 Å². The number of nitrogens with one attached hydrogen (secondary N) is 1. The van der Waals surface area contributed by atoms with Gasteiger partial charge in [-0.3, -0.25) is 5.10 Å². The maximum atomic E-state index is 9.90. The van der Waals surface area contributed by atoms with Crippen LogP contribution in [0.3, 0.4) is 0 Å². The number of rotatable bonds is 5. The predicted octanol–water partition coefficient (Wildman–Crippen LogP) is 3.43. The first-order valence-electron chi connectivity index (χ1n) is 10.0. The third kappa shape index (κ3) is 3.04. The molecule has 2 aliphatic rings. The van der Waals surface area contributed by atoms with Gasteiger partial charge < -0.3 is 29.4 Å². The fourth-order valence-electron chi connectivity index (χ4n) is 3.99. The van der Waals surface area contributed by atoms with Gasteiger partial charge in [0.1, 0.15) is 11.6 Å². The van der Waals surface area contributed by atoms with Crippen LogP contribution in [0.15, 0.2) is 47.9 Å². The Morgan fingerprint density at radius 3 is 2.81 bits per heavy atom. The number of benzene rings is 2. The molecule has 9 heteroatoms. The van der Waals surface area contributed by atoms with Crippen LogP contribution in [0.4, 0.5) is 0 Å². The normalized spacial score (nSPS) is 16.2. The summed E-state index contributed by atoms with van der Waals surface area (Å²) in [6.07, 6.45) is 0. The lowest BCUT2D eigenvalue weighted by Gasteiger charge is -2.24. The average Bonchev–Trinajstić information content (AvgIpc) is 3.45. The molecule has 0 aliphatic carbocycles. The van der Waals surface area contributed by atoms with Crippen LogP contribution >= 0.6 is 0 Å². The van der Waals surface area contributed by atoms with E-state index in [4.69, 9.17) is 29.4 Å². The van der Waals surface area contributed by atoms with Gasteiger partial charge in [0.15, 0.2) is 23.0 Å². The van der Waals surface area contributed by atoms with Gasteiger partial charge >= 0.3 is 0 Å². The molecule has 0 saturated heterocycles. The van der Waals surface area contributed by atoms with E-state index >= 15 is 0 Å². The Morgan fingerprint density at radius 2 is 2.03 bits per heavy atom. The van der Waals surface area contributed by atoms with E-state index in [1.807, 2.05) is 43.3 Å². The smallest absolute Gasteiger partial charge is 0.244 e. The van der Waals surface area contributed by atoms with Crippen LogP contribution in [0.1, 0.15) is 24.0 Å². The lowest BCUT2D eigenvalue weighted by atomic mass is 9.83. The Bertz CT molecular complexity index is 1270. The Morgan fingerprint density at radius 1 is 1.19 bits per heavy atom. The molecule has 0 fully saturated rings. The second kappa shape index (κ2) is 7.74. The minimum Gasteiger partial charge on any atom is -0.493 e. The van der Waals surface area contributed by atoms with Gasteiger partial charge in [0.25, 0.3) is 0 Å². The summed E-state index contributed by atoms with van der Waals surface area (Å²) in [6.45, 7) is 2.58. The van der Waals surface area contributed by atoms with Crippen molar-refractivity contribution in [1.82, 2.24) is 10.2 Å². The molecule has 162 valence electrons. The molecule has 0 saturated carbocycles. The summed E-state index contributed by atoms with van der Waals surface area (Å²) in [5.41, 5.74) is 9.35. The molecule has 0 amide bonds. The number of aromatic nitrogens is 2. The number of nitrogens with zero attached hydrogens (tertiary/aromatic N) is 2. The average molecular weight is 432 g/mol. The van der Waals surface area contributed by atoms with Gasteiger partial charge in [-0.1, -0.05) is 6.07 Å². The van der Waals surface area contributed by atoms with Gasteiger partial charge in [0.2, 0.25) is 18.6 Å². The molecule has 1 atom stereocenters. The van der Waals surface area contributed by atoms with Gasteiger partial charge in [-0.2, -0.15) is 5.26 Å². The lowest BCUT2D eigenvalue weighted by Crippen LogP contribution is -2.21. The summed E-state index contributed by atoms with van der Waals surface area (Å²) in [4.78, 5) is 0. The molecule has 0 bridgehead atoms. The third-order valence-corrected chi connectivity index (χ3v) is 5.42. The zero-order valence-electron chi connectivity index (χ0n) is 17.5. The second-order valence-electron chi connectivity index (χ2n) is 7.15. The fourth-order valence-corrected chi connectivity index (χ4v) is 3.99. The molecule has 0 unspecified atom stereocenters. The van der Waals surface area contributed by atoms with E-state index in [1.54, 1.807) is 7.11 Å². The minimum atomic E-state index is -0.510. The van der Waals surface area contributed by atoms with Crippen molar-refractivity contribution in [2.45, 2.75) is 12.8 Å². The summed E-state index contributed by atoms with van der Waals surface area (Å²) in [5.74, 6) is 2.30. The van der Waals surface area contributed by atoms with Crippen molar-refractivity contribution in [3.05, 3.63) is 59.0 Å². The number of nitrogens with two attached hydrogens (primary N) is 1. The van der Waals surface area contributed by atoms with Crippen molar-refractivity contribution >= 4 is 0 Å². The van der Waals surface area contributed by atoms with Gasteiger partial charge in [0.05, 0.1) is 30.9 Å². The molecule has 3 heterocycles. The van der Waals surface area contributed by atoms with Crippen LogP contribution in [0.5, 0.6) is 28.9 Å². The number of allylic oxidation sites excluding steroid dienone is 1. The number of ether oxygens (including phenoxy) is 5. The molecule has 0 spiro atoms. The van der Waals surface area contributed by atoms with E-state index in [2.05, 4.69) is 16.3 Å². The zero-order chi connectivity index (χ0) is 22.2. The van der Waals surface area contributed by atoms with E-state index in [1.165, 1.54) is 0 Å². The first-order valence-corrected chi connectivity index (χ1v) is 10.0. The maximum Gasteiger partial charge on any atom is 0.244 e. The summed E-state index contributed by atoms with van der Waals surface area (Å²) < 4.78 is 27.8. The quantitative estimate of drug-likeness (QED) is 0.628. The van der Waals surface area contributed by atoms with Crippen molar-refractivity contribution in [3.8, 4) is 46.2 Å².